The highest BCUT2D eigenvalue weighted by molar-refractivity contribution is 4.86. The van der Waals surface area contributed by atoms with Crippen LogP contribution in [0.15, 0.2) is 0 Å². The van der Waals surface area contributed by atoms with Crippen LogP contribution in [0.4, 0.5) is 13.2 Å². The third-order valence-electron chi connectivity index (χ3n) is 1.97. The van der Waals surface area contributed by atoms with E-state index in [0.29, 0.717) is 6.54 Å². The third kappa shape index (κ3) is 4.47. The molecule has 0 spiro atoms. The van der Waals surface area contributed by atoms with Gasteiger partial charge in [0.05, 0.1) is 6.54 Å². The highest BCUT2D eigenvalue weighted by Gasteiger charge is 2.37. The topological polar surface area (TPSA) is 29.3 Å². The van der Waals surface area contributed by atoms with Crippen LogP contribution in [-0.2, 0) is 0 Å². The molecule has 0 radical (unpaired) electrons. The number of hydrogen-bond acceptors (Lipinski definition) is 2. The molecule has 2 N–H and O–H groups in total. The van der Waals surface area contributed by atoms with E-state index in [9.17, 15) is 13.2 Å². The van der Waals surface area contributed by atoms with E-state index in [1.165, 1.54) is 4.90 Å². The monoisotopic (exact) mass is 196 g/mol. The lowest BCUT2D eigenvalue weighted by Gasteiger charge is -2.24. The van der Waals surface area contributed by atoms with E-state index in [1.807, 2.05) is 0 Å². The minimum absolute atomic E-state index is 0.118. The molecule has 0 aromatic carbocycles. The first-order chi connectivity index (χ1) is 5.88. The predicted octanol–water partition coefficient (Wildman–Crippen LogP) is 1.36. The number of nitrogens with zero attached hydrogens (tertiary/aromatic N) is 1. The quantitative estimate of drug-likeness (QED) is 0.735. The summed E-state index contributed by atoms with van der Waals surface area (Å²) < 4.78 is 36.2. The Balaban J connectivity index is 2.38. The number of rotatable bonds is 4. The molecule has 5 heteroatoms. The molecular weight excluding hydrogens is 181 g/mol. The second-order valence-electron chi connectivity index (χ2n) is 3.75. The molecule has 1 atom stereocenters. The fourth-order valence-corrected chi connectivity index (χ4v) is 1.38. The molecule has 0 bridgehead atoms. The highest BCUT2D eigenvalue weighted by Crippen LogP contribution is 2.29. The van der Waals surface area contributed by atoms with Crippen molar-refractivity contribution in [2.75, 3.05) is 13.1 Å². The van der Waals surface area contributed by atoms with Gasteiger partial charge in [0.15, 0.2) is 0 Å². The van der Waals surface area contributed by atoms with Gasteiger partial charge in [0.25, 0.3) is 0 Å². The van der Waals surface area contributed by atoms with Gasteiger partial charge in [0, 0.05) is 18.6 Å². The van der Waals surface area contributed by atoms with Crippen LogP contribution >= 0.6 is 0 Å². The van der Waals surface area contributed by atoms with Gasteiger partial charge in [-0.3, -0.25) is 4.90 Å². The fraction of sp³-hybridized carbons (Fsp3) is 1.00. The van der Waals surface area contributed by atoms with Crippen LogP contribution in [-0.4, -0.2) is 36.2 Å². The summed E-state index contributed by atoms with van der Waals surface area (Å²) in [6.07, 6.45) is -2.34. The molecule has 78 valence electrons. The standard InChI is InChI=1S/C8H15F3N2/c1-6(12)4-13(7-2-3-7)5-8(9,10)11/h6-7H,2-5,12H2,1H3/t6-/m0/s1. The summed E-state index contributed by atoms with van der Waals surface area (Å²) >= 11 is 0. The number of halogens is 3. The van der Waals surface area contributed by atoms with Crippen molar-refractivity contribution in [3.05, 3.63) is 0 Å². The average molecular weight is 196 g/mol. The Morgan fingerprint density at radius 2 is 2.00 bits per heavy atom. The zero-order valence-electron chi connectivity index (χ0n) is 7.64. The Bertz CT molecular complexity index is 163. The van der Waals surface area contributed by atoms with E-state index in [4.69, 9.17) is 5.73 Å². The molecule has 2 nitrogen and oxygen atoms in total. The van der Waals surface area contributed by atoms with Crippen LogP contribution in [0.25, 0.3) is 0 Å². The van der Waals surface area contributed by atoms with Gasteiger partial charge in [0.1, 0.15) is 0 Å². The Hall–Kier alpha value is -0.290. The Morgan fingerprint density at radius 1 is 1.46 bits per heavy atom. The summed E-state index contributed by atoms with van der Waals surface area (Å²) in [7, 11) is 0. The van der Waals surface area contributed by atoms with Crippen LogP contribution < -0.4 is 5.73 Å². The first-order valence-corrected chi connectivity index (χ1v) is 4.45. The molecule has 0 heterocycles. The van der Waals surface area contributed by atoms with Crippen molar-refractivity contribution < 1.29 is 13.2 Å². The lowest BCUT2D eigenvalue weighted by Crippen LogP contribution is -2.42. The SMILES string of the molecule is C[C@H](N)CN(CC(F)(F)F)C1CC1. The molecule has 0 amide bonds. The molecule has 1 fully saturated rings. The van der Waals surface area contributed by atoms with Crippen LogP contribution in [0.2, 0.25) is 0 Å². The molecule has 1 aliphatic carbocycles. The van der Waals surface area contributed by atoms with E-state index in [2.05, 4.69) is 0 Å². The Kier molecular flexibility index (Phi) is 3.18. The maximum absolute atomic E-state index is 12.1. The van der Waals surface area contributed by atoms with Crippen molar-refractivity contribution in [2.45, 2.75) is 38.0 Å². The van der Waals surface area contributed by atoms with E-state index < -0.39 is 12.7 Å². The lowest BCUT2D eigenvalue weighted by molar-refractivity contribution is -0.147. The largest absolute Gasteiger partial charge is 0.401 e. The van der Waals surface area contributed by atoms with Crippen molar-refractivity contribution in [1.29, 1.82) is 0 Å². The normalized spacial score (nSPS) is 20.8. The van der Waals surface area contributed by atoms with Crippen LogP contribution in [0.1, 0.15) is 19.8 Å². The molecule has 0 aliphatic heterocycles. The van der Waals surface area contributed by atoms with E-state index in [1.54, 1.807) is 6.92 Å². The van der Waals surface area contributed by atoms with Crippen LogP contribution in [0.3, 0.4) is 0 Å². The molecule has 0 aromatic rings. The van der Waals surface area contributed by atoms with Gasteiger partial charge in [-0.05, 0) is 19.8 Å². The first kappa shape index (κ1) is 10.8. The van der Waals surface area contributed by atoms with Crippen molar-refractivity contribution >= 4 is 0 Å². The molecule has 13 heavy (non-hydrogen) atoms. The predicted molar refractivity (Wildman–Crippen MR) is 44.3 cm³/mol. The summed E-state index contributed by atoms with van der Waals surface area (Å²) in [6.45, 7) is 1.25. The van der Waals surface area contributed by atoms with Crippen molar-refractivity contribution in [3.8, 4) is 0 Å². The summed E-state index contributed by atoms with van der Waals surface area (Å²) in [5.41, 5.74) is 5.47. The summed E-state index contributed by atoms with van der Waals surface area (Å²) in [5, 5.41) is 0. The lowest BCUT2D eigenvalue weighted by atomic mass is 10.3. The molecule has 0 aromatic heterocycles. The van der Waals surface area contributed by atoms with Gasteiger partial charge in [-0.15, -0.1) is 0 Å². The van der Waals surface area contributed by atoms with E-state index in [-0.39, 0.29) is 12.1 Å². The zero-order valence-corrected chi connectivity index (χ0v) is 7.64. The smallest absolute Gasteiger partial charge is 0.327 e. The second kappa shape index (κ2) is 3.84. The van der Waals surface area contributed by atoms with Crippen LogP contribution in [0, 0.1) is 0 Å². The minimum Gasteiger partial charge on any atom is -0.327 e. The van der Waals surface area contributed by atoms with Gasteiger partial charge in [-0.2, -0.15) is 13.2 Å². The summed E-state index contributed by atoms with van der Waals surface area (Å²) in [4.78, 5) is 1.44. The highest BCUT2D eigenvalue weighted by atomic mass is 19.4. The molecule has 1 saturated carbocycles. The second-order valence-corrected chi connectivity index (χ2v) is 3.75. The number of nitrogens with two attached hydrogens (primary N) is 1. The minimum atomic E-state index is -4.10. The summed E-state index contributed by atoms with van der Waals surface area (Å²) in [5.74, 6) is 0. The molecule has 0 unspecified atom stereocenters. The average Bonchev–Trinajstić information content (AvgIpc) is 2.60. The summed E-state index contributed by atoms with van der Waals surface area (Å²) in [6, 6.07) is -0.0735. The number of hydrogen-bond donors (Lipinski definition) is 1. The van der Waals surface area contributed by atoms with Gasteiger partial charge in [0.2, 0.25) is 0 Å². The van der Waals surface area contributed by atoms with Crippen molar-refractivity contribution in [2.24, 2.45) is 5.73 Å². The molecular formula is C8H15F3N2. The Morgan fingerprint density at radius 3 is 2.31 bits per heavy atom. The van der Waals surface area contributed by atoms with Gasteiger partial charge < -0.3 is 5.73 Å². The number of alkyl halides is 3. The zero-order chi connectivity index (χ0) is 10.1. The first-order valence-electron chi connectivity index (χ1n) is 4.45. The van der Waals surface area contributed by atoms with Gasteiger partial charge in [-0.1, -0.05) is 0 Å². The maximum atomic E-state index is 12.1. The Labute approximate surface area is 75.9 Å². The molecule has 1 rings (SSSR count). The van der Waals surface area contributed by atoms with E-state index >= 15 is 0 Å². The van der Waals surface area contributed by atoms with E-state index in [0.717, 1.165) is 12.8 Å². The molecule has 0 saturated heterocycles. The third-order valence-corrected chi connectivity index (χ3v) is 1.97. The fourth-order valence-electron chi connectivity index (χ4n) is 1.38. The van der Waals surface area contributed by atoms with Gasteiger partial charge in [-0.25, -0.2) is 0 Å². The van der Waals surface area contributed by atoms with Gasteiger partial charge >= 0.3 is 6.18 Å². The van der Waals surface area contributed by atoms with Crippen molar-refractivity contribution in [3.63, 3.8) is 0 Å². The molecule has 1 aliphatic rings. The van der Waals surface area contributed by atoms with Crippen molar-refractivity contribution in [1.82, 2.24) is 4.90 Å². The maximum Gasteiger partial charge on any atom is 0.401 e. The van der Waals surface area contributed by atoms with Crippen LogP contribution in [0.5, 0.6) is 0 Å².